The number of amides is 1. The molecule has 0 unspecified atom stereocenters. The third-order valence-electron chi connectivity index (χ3n) is 3.82. The molecule has 1 aromatic rings. The van der Waals surface area contributed by atoms with E-state index in [1.807, 2.05) is 12.1 Å². The molecule has 0 saturated carbocycles. The minimum absolute atomic E-state index is 0.0691. The molecule has 1 heterocycles. The number of hydrogen-bond acceptors (Lipinski definition) is 3. The fourth-order valence-electron chi connectivity index (χ4n) is 2.48. The van der Waals surface area contributed by atoms with Crippen LogP contribution in [0.1, 0.15) is 32.3 Å². The van der Waals surface area contributed by atoms with Gasteiger partial charge in [0.05, 0.1) is 6.54 Å². The second-order valence-corrected chi connectivity index (χ2v) is 5.85. The van der Waals surface area contributed by atoms with Gasteiger partial charge in [-0.1, -0.05) is 26.0 Å². The Bertz CT molecular complexity index is 459. The average molecular weight is 275 g/mol. The first-order chi connectivity index (χ1) is 9.56. The highest BCUT2D eigenvalue weighted by Crippen LogP contribution is 2.18. The van der Waals surface area contributed by atoms with Gasteiger partial charge in [0, 0.05) is 31.4 Å². The molecule has 1 fully saturated rings. The van der Waals surface area contributed by atoms with E-state index in [1.54, 1.807) is 0 Å². The molecule has 1 atom stereocenters. The van der Waals surface area contributed by atoms with Crippen LogP contribution in [0.4, 0.5) is 5.69 Å². The summed E-state index contributed by atoms with van der Waals surface area (Å²) in [5, 5.41) is 6.34. The van der Waals surface area contributed by atoms with Crippen LogP contribution in [0.5, 0.6) is 0 Å². The second-order valence-electron chi connectivity index (χ2n) is 5.85. The lowest BCUT2D eigenvalue weighted by atomic mass is 10.0. The largest absolute Gasteiger partial charge is 0.325 e. The van der Waals surface area contributed by atoms with Crippen molar-refractivity contribution in [1.29, 1.82) is 0 Å². The quantitative estimate of drug-likeness (QED) is 0.884. The van der Waals surface area contributed by atoms with Gasteiger partial charge in [0.2, 0.25) is 5.91 Å². The van der Waals surface area contributed by atoms with Crippen LogP contribution in [0, 0.1) is 0 Å². The van der Waals surface area contributed by atoms with Gasteiger partial charge in [-0.3, -0.25) is 9.69 Å². The van der Waals surface area contributed by atoms with Gasteiger partial charge in [-0.05, 0) is 30.5 Å². The highest BCUT2D eigenvalue weighted by molar-refractivity contribution is 5.92. The molecule has 110 valence electrons. The Labute approximate surface area is 121 Å². The highest BCUT2D eigenvalue weighted by Gasteiger charge is 2.20. The molecule has 0 radical (unpaired) electrons. The second kappa shape index (κ2) is 6.86. The lowest BCUT2D eigenvalue weighted by Crippen LogP contribution is -2.51. The molecule has 1 aliphatic heterocycles. The minimum atomic E-state index is 0.0691. The van der Waals surface area contributed by atoms with E-state index in [1.165, 1.54) is 5.56 Å². The van der Waals surface area contributed by atoms with E-state index in [0.29, 0.717) is 18.5 Å². The van der Waals surface area contributed by atoms with E-state index in [-0.39, 0.29) is 5.91 Å². The predicted octanol–water partition coefficient (Wildman–Crippen LogP) is 2.04. The summed E-state index contributed by atoms with van der Waals surface area (Å²) in [6, 6.07) is 8.52. The molecule has 1 aliphatic rings. The van der Waals surface area contributed by atoms with Crippen molar-refractivity contribution < 1.29 is 4.79 Å². The van der Waals surface area contributed by atoms with E-state index in [2.05, 4.69) is 48.4 Å². The van der Waals surface area contributed by atoms with Crippen molar-refractivity contribution >= 4 is 11.6 Å². The summed E-state index contributed by atoms with van der Waals surface area (Å²) in [6.07, 6.45) is 0. The summed E-state index contributed by atoms with van der Waals surface area (Å²) in [7, 11) is 0. The van der Waals surface area contributed by atoms with E-state index >= 15 is 0 Å². The fourth-order valence-corrected chi connectivity index (χ4v) is 2.48. The number of nitrogens with one attached hydrogen (secondary N) is 2. The van der Waals surface area contributed by atoms with E-state index < -0.39 is 0 Å². The summed E-state index contributed by atoms with van der Waals surface area (Å²) >= 11 is 0. The maximum atomic E-state index is 12.1. The minimum Gasteiger partial charge on any atom is -0.325 e. The number of piperazine rings is 1. The van der Waals surface area contributed by atoms with E-state index in [9.17, 15) is 4.79 Å². The molecular formula is C16H25N3O. The van der Waals surface area contributed by atoms with Gasteiger partial charge in [-0.2, -0.15) is 0 Å². The first-order valence-corrected chi connectivity index (χ1v) is 7.41. The highest BCUT2D eigenvalue weighted by atomic mass is 16.2. The van der Waals surface area contributed by atoms with Crippen LogP contribution in [0.15, 0.2) is 24.3 Å². The van der Waals surface area contributed by atoms with Crippen LogP contribution in [0.25, 0.3) is 0 Å². The molecule has 20 heavy (non-hydrogen) atoms. The van der Waals surface area contributed by atoms with Gasteiger partial charge in [0.15, 0.2) is 0 Å². The van der Waals surface area contributed by atoms with Crippen molar-refractivity contribution in [2.75, 3.05) is 31.5 Å². The van der Waals surface area contributed by atoms with Gasteiger partial charge in [0.1, 0.15) is 0 Å². The number of nitrogens with zero attached hydrogens (tertiary/aromatic N) is 1. The topological polar surface area (TPSA) is 44.4 Å². The molecule has 0 aromatic heterocycles. The average Bonchev–Trinajstić information content (AvgIpc) is 2.41. The zero-order valence-corrected chi connectivity index (χ0v) is 12.6. The molecule has 1 saturated heterocycles. The molecular weight excluding hydrogens is 250 g/mol. The smallest absolute Gasteiger partial charge is 0.238 e. The van der Waals surface area contributed by atoms with Gasteiger partial charge in [-0.15, -0.1) is 0 Å². The zero-order valence-electron chi connectivity index (χ0n) is 12.6. The van der Waals surface area contributed by atoms with Crippen LogP contribution in [0.3, 0.4) is 0 Å². The van der Waals surface area contributed by atoms with Crippen molar-refractivity contribution in [2.45, 2.75) is 32.7 Å². The molecule has 1 amide bonds. The van der Waals surface area contributed by atoms with Gasteiger partial charge in [0.25, 0.3) is 0 Å². The number of rotatable bonds is 4. The molecule has 4 nitrogen and oxygen atoms in total. The Balaban J connectivity index is 1.92. The number of anilines is 1. The Hall–Kier alpha value is -1.39. The maximum Gasteiger partial charge on any atom is 0.238 e. The molecule has 4 heteroatoms. The lowest BCUT2D eigenvalue weighted by molar-refractivity contribution is -0.118. The lowest BCUT2D eigenvalue weighted by Gasteiger charge is -2.33. The Kier molecular flexibility index (Phi) is 5.15. The van der Waals surface area contributed by atoms with Crippen LogP contribution in [-0.4, -0.2) is 43.0 Å². The third kappa shape index (κ3) is 4.05. The molecule has 0 spiro atoms. The SMILES string of the molecule is CC(C)c1cccc(NC(=O)CN2CCNC[C@H]2C)c1. The van der Waals surface area contributed by atoms with Crippen LogP contribution >= 0.6 is 0 Å². The normalized spacial score (nSPS) is 20.1. The zero-order chi connectivity index (χ0) is 14.5. The number of carbonyl (C=O) groups is 1. The van der Waals surface area contributed by atoms with E-state index in [4.69, 9.17) is 0 Å². The van der Waals surface area contributed by atoms with Crippen molar-refractivity contribution in [3.8, 4) is 0 Å². The molecule has 2 N–H and O–H groups in total. The first-order valence-electron chi connectivity index (χ1n) is 7.41. The summed E-state index contributed by atoms with van der Waals surface area (Å²) < 4.78 is 0. The van der Waals surface area contributed by atoms with E-state index in [0.717, 1.165) is 25.3 Å². The van der Waals surface area contributed by atoms with Gasteiger partial charge in [-0.25, -0.2) is 0 Å². The monoisotopic (exact) mass is 275 g/mol. The Morgan fingerprint density at radius 2 is 2.30 bits per heavy atom. The van der Waals surface area contributed by atoms with Crippen LogP contribution in [-0.2, 0) is 4.79 Å². The summed E-state index contributed by atoms with van der Waals surface area (Å²) in [4.78, 5) is 14.4. The Morgan fingerprint density at radius 1 is 1.50 bits per heavy atom. The third-order valence-corrected chi connectivity index (χ3v) is 3.82. The van der Waals surface area contributed by atoms with Crippen molar-refractivity contribution in [2.24, 2.45) is 0 Å². The molecule has 1 aromatic carbocycles. The van der Waals surface area contributed by atoms with Crippen LogP contribution in [0.2, 0.25) is 0 Å². The van der Waals surface area contributed by atoms with Crippen molar-refractivity contribution in [1.82, 2.24) is 10.2 Å². The summed E-state index contributed by atoms with van der Waals surface area (Å²) in [5.74, 6) is 0.541. The molecule has 0 aliphatic carbocycles. The number of benzene rings is 1. The number of hydrogen-bond donors (Lipinski definition) is 2. The summed E-state index contributed by atoms with van der Waals surface area (Å²) in [5.41, 5.74) is 2.14. The fraction of sp³-hybridized carbons (Fsp3) is 0.562. The standard InChI is InChI=1S/C16H25N3O/c1-12(2)14-5-4-6-15(9-14)18-16(20)11-19-8-7-17-10-13(19)3/h4-6,9,12-13,17H,7-8,10-11H2,1-3H3,(H,18,20)/t13-/m1/s1. The predicted molar refractivity (Wildman–Crippen MR) is 83.1 cm³/mol. The molecule has 0 bridgehead atoms. The van der Waals surface area contributed by atoms with Gasteiger partial charge >= 0.3 is 0 Å². The van der Waals surface area contributed by atoms with Gasteiger partial charge < -0.3 is 10.6 Å². The Morgan fingerprint density at radius 3 is 3.00 bits per heavy atom. The van der Waals surface area contributed by atoms with Crippen LogP contribution < -0.4 is 10.6 Å². The first kappa shape index (κ1) is 15.0. The maximum absolute atomic E-state index is 12.1. The number of carbonyl (C=O) groups excluding carboxylic acids is 1. The van der Waals surface area contributed by atoms with Crippen molar-refractivity contribution in [3.05, 3.63) is 29.8 Å². The molecule has 2 rings (SSSR count). The summed E-state index contributed by atoms with van der Waals surface area (Å²) in [6.45, 7) is 9.78. The van der Waals surface area contributed by atoms with Crippen molar-refractivity contribution in [3.63, 3.8) is 0 Å².